The average Bonchev–Trinajstić information content (AvgIpc) is 2.18. The van der Waals surface area contributed by atoms with E-state index in [-0.39, 0.29) is 0 Å². The highest BCUT2D eigenvalue weighted by atomic mass is 35.5. The molecule has 76 valence electrons. The molecule has 3 heteroatoms. The Morgan fingerprint density at radius 3 is 2.71 bits per heavy atom. The largest absolute Gasteiger partial charge is 0.319 e. The fourth-order valence-electron chi connectivity index (χ4n) is 1.06. The van der Waals surface area contributed by atoms with E-state index in [9.17, 15) is 0 Å². The molecule has 0 aromatic heterocycles. The summed E-state index contributed by atoms with van der Waals surface area (Å²) in [4.78, 5) is 0. The van der Waals surface area contributed by atoms with Gasteiger partial charge in [-0.1, -0.05) is 41.4 Å². The van der Waals surface area contributed by atoms with Gasteiger partial charge in [0.05, 0.1) is 10.0 Å². The lowest BCUT2D eigenvalue weighted by atomic mass is 10.2. The van der Waals surface area contributed by atoms with E-state index in [1.54, 1.807) is 0 Å². The molecule has 0 atom stereocenters. The molecule has 1 nitrogen and oxygen atoms in total. The van der Waals surface area contributed by atoms with Gasteiger partial charge in [0.25, 0.3) is 0 Å². The van der Waals surface area contributed by atoms with E-state index in [2.05, 4.69) is 11.4 Å². The Bertz CT molecular complexity index is 321. The standard InChI is InChI=1S/C11H13Cl2N/c1-14-7-3-2-4-9-5-6-10(12)11(13)8-9/h2,4-6,8,14H,3,7H2,1H3. The van der Waals surface area contributed by atoms with Gasteiger partial charge in [0.2, 0.25) is 0 Å². The molecule has 0 aliphatic rings. The minimum absolute atomic E-state index is 0.596. The Kier molecular flexibility index (Phi) is 5.02. The van der Waals surface area contributed by atoms with Crippen LogP contribution >= 0.6 is 23.2 Å². The molecule has 1 rings (SSSR count). The summed E-state index contributed by atoms with van der Waals surface area (Å²) in [6, 6.07) is 5.62. The lowest BCUT2D eigenvalue weighted by molar-refractivity contribution is 0.809. The van der Waals surface area contributed by atoms with Gasteiger partial charge < -0.3 is 5.32 Å². The smallest absolute Gasteiger partial charge is 0.0598 e. The van der Waals surface area contributed by atoms with Gasteiger partial charge in [-0.05, 0) is 37.7 Å². The predicted molar refractivity (Wildman–Crippen MR) is 64.0 cm³/mol. The molecule has 1 aromatic carbocycles. The lowest BCUT2D eigenvalue weighted by Gasteiger charge is -1.97. The summed E-state index contributed by atoms with van der Waals surface area (Å²) in [5.41, 5.74) is 1.08. The minimum atomic E-state index is 0.596. The maximum atomic E-state index is 5.88. The van der Waals surface area contributed by atoms with E-state index >= 15 is 0 Å². The Morgan fingerprint density at radius 2 is 2.07 bits per heavy atom. The van der Waals surface area contributed by atoms with Gasteiger partial charge in [-0.15, -0.1) is 0 Å². The van der Waals surface area contributed by atoms with Crippen LogP contribution in [0.15, 0.2) is 24.3 Å². The molecule has 0 saturated heterocycles. The van der Waals surface area contributed by atoms with Crippen LogP contribution in [0.4, 0.5) is 0 Å². The fraction of sp³-hybridized carbons (Fsp3) is 0.273. The van der Waals surface area contributed by atoms with Crippen molar-refractivity contribution in [2.24, 2.45) is 0 Å². The maximum Gasteiger partial charge on any atom is 0.0598 e. The Labute approximate surface area is 94.7 Å². The van der Waals surface area contributed by atoms with Crippen molar-refractivity contribution in [1.82, 2.24) is 5.32 Å². The molecule has 0 bridgehead atoms. The van der Waals surface area contributed by atoms with Gasteiger partial charge in [0, 0.05) is 0 Å². The van der Waals surface area contributed by atoms with Gasteiger partial charge in [0.15, 0.2) is 0 Å². The first-order valence-corrected chi connectivity index (χ1v) is 5.26. The highest BCUT2D eigenvalue weighted by Gasteiger charge is 1.95. The zero-order chi connectivity index (χ0) is 10.4. The molecule has 0 aliphatic heterocycles. The zero-order valence-electron chi connectivity index (χ0n) is 8.06. The summed E-state index contributed by atoms with van der Waals surface area (Å²) >= 11 is 11.7. The van der Waals surface area contributed by atoms with Crippen LogP contribution in [0.1, 0.15) is 12.0 Å². The molecular weight excluding hydrogens is 217 g/mol. The average molecular weight is 230 g/mol. The third-order valence-corrected chi connectivity index (χ3v) is 2.55. The Hall–Kier alpha value is -0.500. The van der Waals surface area contributed by atoms with Crippen molar-refractivity contribution in [3.8, 4) is 0 Å². The van der Waals surface area contributed by atoms with Gasteiger partial charge in [-0.3, -0.25) is 0 Å². The number of nitrogens with one attached hydrogen (secondary N) is 1. The summed E-state index contributed by atoms with van der Waals surface area (Å²) in [5.74, 6) is 0. The van der Waals surface area contributed by atoms with E-state index in [1.165, 1.54) is 0 Å². The van der Waals surface area contributed by atoms with Crippen LogP contribution in [-0.4, -0.2) is 13.6 Å². The molecule has 0 saturated carbocycles. The topological polar surface area (TPSA) is 12.0 Å². The molecule has 1 N–H and O–H groups in total. The molecule has 0 spiro atoms. The summed E-state index contributed by atoms with van der Waals surface area (Å²) in [5, 5.41) is 4.27. The van der Waals surface area contributed by atoms with E-state index in [4.69, 9.17) is 23.2 Å². The Balaban J connectivity index is 2.59. The summed E-state index contributed by atoms with van der Waals surface area (Å²) < 4.78 is 0. The summed E-state index contributed by atoms with van der Waals surface area (Å²) in [7, 11) is 1.94. The van der Waals surface area contributed by atoms with Crippen LogP contribution in [0.2, 0.25) is 10.0 Å². The molecule has 0 unspecified atom stereocenters. The number of benzene rings is 1. The second-order valence-corrected chi connectivity index (χ2v) is 3.78. The van der Waals surface area contributed by atoms with Crippen molar-refractivity contribution in [3.05, 3.63) is 39.9 Å². The Morgan fingerprint density at radius 1 is 1.29 bits per heavy atom. The fourth-order valence-corrected chi connectivity index (χ4v) is 1.37. The molecular formula is C11H13Cl2N. The van der Waals surface area contributed by atoms with Crippen LogP contribution in [0.3, 0.4) is 0 Å². The van der Waals surface area contributed by atoms with Crippen molar-refractivity contribution in [2.75, 3.05) is 13.6 Å². The summed E-state index contributed by atoms with van der Waals surface area (Å²) in [6.45, 7) is 0.984. The van der Waals surface area contributed by atoms with Crippen molar-refractivity contribution in [1.29, 1.82) is 0 Å². The highest BCUT2D eigenvalue weighted by Crippen LogP contribution is 2.23. The normalized spacial score (nSPS) is 11.1. The van der Waals surface area contributed by atoms with Crippen LogP contribution < -0.4 is 5.32 Å². The quantitative estimate of drug-likeness (QED) is 0.779. The van der Waals surface area contributed by atoms with Gasteiger partial charge >= 0.3 is 0 Å². The van der Waals surface area contributed by atoms with Crippen molar-refractivity contribution < 1.29 is 0 Å². The molecule has 0 heterocycles. The van der Waals surface area contributed by atoms with E-state index < -0.39 is 0 Å². The molecule has 0 aliphatic carbocycles. The minimum Gasteiger partial charge on any atom is -0.319 e. The number of hydrogen-bond acceptors (Lipinski definition) is 1. The van der Waals surface area contributed by atoms with E-state index in [1.807, 2.05) is 31.3 Å². The van der Waals surface area contributed by atoms with Crippen molar-refractivity contribution in [3.63, 3.8) is 0 Å². The second-order valence-electron chi connectivity index (χ2n) is 2.97. The number of rotatable bonds is 4. The first-order valence-electron chi connectivity index (χ1n) is 4.50. The predicted octanol–water partition coefficient (Wildman–Crippen LogP) is 3.62. The van der Waals surface area contributed by atoms with Crippen molar-refractivity contribution in [2.45, 2.75) is 6.42 Å². The maximum absolute atomic E-state index is 5.88. The SMILES string of the molecule is CNCCC=Cc1ccc(Cl)c(Cl)c1. The van der Waals surface area contributed by atoms with E-state index in [0.29, 0.717) is 10.0 Å². The van der Waals surface area contributed by atoms with Gasteiger partial charge in [-0.25, -0.2) is 0 Å². The molecule has 1 aromatic rings. The number of halogens is 2. The number of hydrogen-bond donors (Lipinski definition) is 1. The van der Waals surface area contributed by atoms with Crippen LogP contribution in [0.25, 0.3) is 6.08 Å². The molecule has 0 fully saturated rings. The first-order chi connectivity index (χ1) is 6.74. The van der Waals surface area contributed by atoms with Crippen LogP contribution in [0.5, 0.6) is 0 Å². The molecule has 14 heavy (non-hydrogen) atoms. The summed E-state index contributed by atoms with van der Waals surface area (Å²) in [6.07, 6.45) is 5.16. The van der Waals surface area contributed by atoms with E-state index in [0.717, 1.165) is 18.5 Å². The monoisotopic (exact) mass is 229 g/mol. The third-order valence-electron chi connectivity index (χ3n) is 1.81. The highest BCUT2D eigenvalue weighted by molar-refractivity contribution is 6.42. The van der Waals surface area contributed by atoms with Gasteiger partial charge in [0.1, 0.15) is 0 Å². The van der Waals surface area contributed by atoms with Crippen LogP contribution in [-0.2, 0) is 0 Å². The zero-order valence-corrected chi connectivity index (χ0v) is 9.57. The molecule has 0 amide bonds. The van der Waals surface area contributed by atoms with Crippen molar-refractivity contribution >= 4 is 29.3 Å². The van der Waals surface area contributed by atoms with Gasteiger partial charge in [-0.2, -0.15) is 0 Å². The second kappa shape index (κ2) is 6.07. The molecule has 0 radical (unpaired) electrons. The van der Waals surface area contributed by atoms with Crippen LogP contribution in [0, 0.1) is 0 Å². The first kappa shape index (κ1) is 11.6. The third kappa shape index (κ3) is 3.70. The lowest BCUT2D eigenvalue weighted by Crippen LogP contribution is -2.05.